The highest BCUT2D eigenvalue weighted by atomic mass is 79.9. The number of nitrogens with zero attached hydrogens (tertiary/aromatic N) is 2. The smallest absolute Gasteiger partial charge is 0.266 e. The molecule has 3 rings (SSSR count). The van der Waals surface area contributed by atoms with Gasteiger partial charge in [0, 0.05) is 21.5 Å². The van der Waals surface area contributed by atoms with Gasteiger partial charge in [0.25, 0.3) is 5.91 Å². The maximum Gasteiger partial charge on any atom is 0.266 e. The van der Waals surface area contributed by atoms with Crippen LogP contribution in [0, 0.1) is 31.0 Å². The van der Waals surface area contributed by atoms with Crippen molar-refractivity contribution in [1.29, 1.82) is 5.26 Å². The third-order valence-corrected chi connectivity index (χ3v) is 5.13. The molecule has 0 fully saturated rings. The van der Waals surface area contributed by atoms with Crippen molar-refractivity contribution in [3.63, 3.8) is 0 Å². The van der Waals surface area contributed by atoms with Crippen LogP contribution in [0.2, 0.25) is 0 Å². The molecule has 0 saturated carbocycles. The van der Waals surface area contributed by atoms with E-state index in [0.29, 0.717) is 27.2 Å². The van der Waals surface area contributed by atoms with Gasteiger partial charge >= 0.3 is 0 Å². The molecule has 30 heavy (non-hydrogen) atoms. The lowest BCUT2D eigenvalue weighted by Crippen LogP contribution is -2.13. The molecule has 0 bridgehead atoms. The number of aryl methyl sites for hydroxylation is 1. The Balaban J connectivity index is 1.92. The first kappa shape index (κ1) is 21.3. The highest BCUT2D eigenvalue weighted by Crippen LogP contribution is 2.26. The fourth-order valence-corrected chi connectivity index (χ4v) is 3.48. The number of hydrogen-bond acceptors (Lipinski definition) is 3. The third kappa shape index (κ3) is 4.44. The summed E-state index contributed by atoms with van der Waals surface area (Å²) >= 11 is 3.26. The number of halogens is 2. The molecule has 0 aliphatic rings. The van der Waals surface area contributed by atoms with Gasteiger partial charge < -0.3 is 14.6 Å². The van der Waals surface area contributed by atoms with Gasteiger partial charge in [0.1, 0.15) is 23.2 Å². The zero-order chi connectivity index (χ0) is 21.8. The first-order valence-electron chi connectivity index (χ1n) is 9.05. The summed E-state index contributed by atoms with van der Waals surface area (Å²) in [7, 11) is 1.56. The summed E-state index contributed by atoms with van der Waals surface area (Å²) in [5.74, 6) is -0.238. The molecule has 152 valence electrons. The van der Waals surface area contributed by atoms with Gasteiger partial charge in [-0.25, -0.2) is 4.39 Å². The fraction of sp³-hybridized carbons (Fsp3) is 0.130. The van der Waals surface area contributed by atoms with Crippen molar-refractivity contribution in [2.45, 2.75) is 13.8 Å². The Morgan fingerprint density at radius 3 is 2.50 bits per heavy atom. The minimum absolute atomic E-state index is 0.0534. The van der Waals surface area contributed by atoms with Crippen LogP contribution < -0.4 is 10.1 Å². The minimum atomic E-state index is -0.526. The van der Waals surface area contributed by atoms with E-state index in [1.165, 1.54) is 12.1 Å². The van der Waals surface area contributed by atoms with Gasteiger partial charge in [0.05, 0.1) is 12.8 Å². The Morgan fingerprint density at radius 1 is 1.20 bits per heavy atom. The second-order valence-corrected chi connectivity index (χ2v) is 7.53. The molecule has 1 N–H and O–H groups in total. The van der Waals surface area contributed by atoms with Crippen molar-refractivity contribution in [3.8, 4) is 17.5 Å². The molecule has 0 aliphatic carbocycles. The quantitative estimate of drug-likeness (QED) is 0.395. The number of amides is 1. The van der Waals surface area contributed by atoms with E-state index in [0.717, 1.165) is 11.4 Å². The van der Waals surface area contributed by atoms with Crippen LogP contribution in [0.3, 0.4) is 0 Å². The van der Waals surface area contributed by atoms with Crippen LogP contribution in [-0.2, 0) is 4.79 Å². The van der Waals surface area contributed by atoms with Crippen molar-refractivity contribution in [2.75, 3.05) is 12.4 Å². The second-order valence-electron chi connectivity index (χ2n) is 6.61. The Hall–Kier alpha value is -3.37. The van der Waals surface area contributed by atoms with Gasteiger partial charge in [0.2, 0.25) is 0 Å². The molecule has 1 aromatic heterocycles. The summed E-state index contributed by atoms with van der Waals surface area (Å²) in [5, 5.41) is 12.2. The number of nitrogens with one attached hydrogen (secondary N) is 1. The Bertz CT molecular complexity index is 1170. The number of aromatic nitrogens is 1. The molecular formula is C23H19BrFN3O2. The molecule has 7 heteroatoms. The molecule has 0 radical (unpaired) electrons. The van der Waals surface area contributed by atoms with Gasteiger partial charge in [-0.2, -0.15) is 5.26 Å². The number of rotatable bonds is 5. The predicted octanol–water partition coefficient (Wildman–Crippen LogP) is 5.55. The molecule has 5 nitrogen and oxygen atoms in total. The first-order chi connectivity index (χ1) is 14.3. The maximum absolute atomic E-state index is 14.5. The van der Waals surface area contributed by atoms with Crippen LogP contribution in [-0.4, -0.2) is 17.6 Å². The molecule has 2 aromatic carbocycles. The topological polar surface area (TPSA) is 67.0 Å². The first-order valence-corrected chi connectivity index (χ1v) is 9.85. The lowest BCUT2D eigenvalue weighted by Gasteiger charge is -2.11. The van der Waals surface area contributed by atoms with Crippen LogP contribution in [0.4, 0.5) is 10.1 Å². The van der Waals surface area contributed by atoms with Gasteiger partial charge in [-0.05, 0) is 74.0 Å². The van der Waals surface area contributed by atoms with Crippen LogP contribution in [0.15, 0.2) is 58.6 Å². The minimum Gasteiger partial charge on any atom is -0.497 e. The summed E-state index contributed by atoms with van der Waals surface area (Å²) in [6.07, 6.45) is 1.51. The molecule has 0 aliphatic heterocycles. The van der Waals surface area contributed by atoms with Crippen molar-refractivity contribution in [2.24, 2.45) is 0 Å². The zero-order valence-corrected chi connectivity index (χ0v) is 18.2. The van der Waals surface area contributed by atoms with Crippen molar-refractivity contribution in [3.05, 3.63) is 81.3 Å². The second kappa shape index (κ2) is 8.97. The van der Waals surface area contributed by atoms with Gasteiger partial charge in [-0.1, -0.05) is 15.9 Å². The molecule has 0 unspecified atom stereocenters. The van der Waals surface area contributed by atoms with Crippen LogP contribution >= 0.6 is 15.9 Å². The molecule has 0 atom stereocenters. The summed E-state index contributed by atoms with van der Waals surface area (Å²) in [6.45, 7) is 3.66. The van der Waals surface area contributed by atoms with Gasteiger partial charge in [-0.3, -0.25) is 4.79 Å². The van der Waals surface area contributed by atoms with E-state index in [9.17, 15) is 14.4 Å². The monoisotopic (exact) mass is 467 g/mol. The van der Waals surface area contributed by atoms with Crippen molar-refractivity contribution < 1.29 is 13.9 Å². The predicted molar refractivity (Wildman–Crippen MR) is 118 cm³/mol. The number of benzene rings is 2. The van der Waals surface area contributed by atoms with Gasteiger partial charge in [-0.15, -0.1) is 0 Å². The summed E-state index contributed by atoms with van der Waals surface area (Å²) in [5.41, 5.74) is 3.06. The summed E-state index contributed by atoms with van der Waals surface area (Å²) in [4.78, 5) is 12.6. The Labute approximate surface area is 182 Å². The highest BCUT2D eigenvalue weighted by molar-refractivity contribution is 9.10. The fourth-order valence-electron chi connectivity index (χ4n) is 3.14. The van der Waals surface area contributed by atoms with Crippen molar-refractivity contribution in [1.82, 2.24) is 4.57 Å². The van der Waals surface area contributed by atoms with Gasteiger partial charge in [0.15, 0.2) is 0 Å². The third-order valence-electron chi connectivity index (χ3n) is 4.63. The summed E-state index contributed by atoms with van der Waals surface area (Å²) < 4.78 is 22.0. The van der Waals surface area contributed by atoms with Crippen LogP contribution in [0.25, 0.3) is 11.8 Å². The molecule has 1 heterocycles. The number of carbonyl (C=O) groups is 1. The standard InChI is InChI=1S/C23H19BrFN3O2/c1-14-10-16(15(2)28(14)22-9-4-18(24)12-21(22)25)11-17(13-26)23(29)27-19-5-7-20(30-3)8-6-19/h4-12H,1-3H3,(H,27,29)/b17-11-. The lowest BCUT2D eigenvalue weighted by atomic mass is 10.1. The number of anilines is 1. The van der Waals surface area contributed by atoms with E-state index in [4.69, 9.17) is 4.74 Å². The molecule has 3 aromatic rings. The van der Waals surface area contributed by atoms with E-state index >= 15 is 0 Å². The van der Waals surface area contributed by atoms with Crippen LogP contribution in [0.5, 0.6) is 5.75 Å². The van der Waals surface area contributed by atoms with Crippen molar-refractivity contribution >= 4 is 33.6 Å². The summed E-state index contributed by atoms with van der Waals surface area (Å²) in [6, 6.07) is 15.4. The largest absolute Gasteiger partial charge is 0.497 e. The Morgan fingerprint density at radius 2 is 1.90 bits per heavy atom. The molecule has 1 amide bonds. The number of carbonyl (C=O) groups excluding carboxylic acids is 1. The number of ether oxygens (including phenoxy) is 1. The number of hydrogen-bond donors (Lipinski definition) is 1. The number of methoxy groups -OCH3 is 1. The Kier molecular flexibility index (Phi) is 6.38. The lowest BCUT2D eigenvalue weighted by molar-refractivity contribution is -0.112. The zero-order valence-electron chi connectivity index (χ0n) is 16.7. The number of nitriles is 1. The SMILES string of the molecule is COc1ccc(NC(=O)/C(C#N)=C\c2cc(C)n(-c3ccc(Br)cc3F)c2C)cc1. The van der Waals surface area contributed by atoms with Crippen LogP contribution in [0.1, 0.15) is 17.0 Å². The average molecular weight is 468 g/mol. The average Bonchev–Trinajstić information content (AvgIpc) is 3.00. The molecular weight excluding hydrogens is 449 g/mol. The maximum atomic E-state index is 14.5. The van der Waals surface area contributed by atoms with E-state index in [1.807, 2.05) is 26.0 Å². The van der Waals surface area contributed by atoms with E-state index in [-0.39, 0.29) is 11.4 Å². The van der Waals surface area contributed by atoms with E-state index < -0.39 is 5.91 Å². The molecule has 0 saturated heterocycles. The van der Waals surface area contributed by atoms with E-state index in [2.05, 4.69) is 21.2 Å². The highest BCUT2D eigenvalue weighted by Gasteiger charge is 2.16. The van der Waals surface area contributed by atoms with E-state index in [1.54, 1.807) is 48.1 Å². The molecule has 0 spiro atoms. The normalized spacial score (nSPS) is 11.1.